The number of H-pyrrole nitrogens is 1. The topological polar surface area (TPSA) is 92.2 Å². The standard InChI is InChI=1S/C22H18N2O4/c1-13-6-7-14-11-16(20(25)24-18(14)10-13)8-9-23-21(26)17-12-15-4-2-3-5-19(15)28-22(17)27/h2-7,10-12H,8-9H2,1H3,(H,23,26)(H,24,25). The van der Waals surface area contributed by atoms with E-state index in [0.29, 0.717) is 23.0 Å². The maximum atomic E-state index is 12.4. The van der Waals surface area contributed by atoms with Crippen LogP contribution in [0.3, 0.4) is 0 Å². The average molecular weight is 374 g/mol. The van der Waals surface area contributed by atoms with E-state index < -0.39 is 11.5 Å². The van der Waals surface area contributed by atoms with Crippen LogP contribution < -0.4 is 16.5 Å². The summed E-state index contributed by atoms with van der Waals surface area (Å²) in [6.07, 6.45) is 0.351. The summed E-state index contributed by atoms with van der Waals surface area (Å²) < 4.78 is 5.18. The monoisotopic (exact) mass is 374 g/mol. The second kappa shape index (κ2) is 7.15. The minimum atomic E-state index is -0.685. The molecule has 0 fully saturated rings. The maximum Gasteiger partial charge on any atom is 0.349 e. The fourth-order valence-electron chi connectivity index (χ4n) is 3.17. The Labute approximate surface area is 159 Å². The fraction of sp³-hybridized carbons (Fsp3) is 0.136. The van der Waals surface area contributed by atoms with E-state index >= 15 is 0 Å². The number of carbonyl (C=O) groups excluding carboxylic acids is 1. The summed E-state index contributed by atoms with van der Waals surface area (Å²) in [5.41, 5.74) is 1.93. The molecule has 2 N–H and O–H groups in total. The second-order valence-electron chi connectivity index (χ2n) is 6.71. The zero-order valence-corrected chi connectivity index (χ0v) is 15.2. The van der Waals surface area contributed by atoms with Gasteiger partial charge in [0.2, 0.25) is 0 Å². The summed E-state index contributed by atoms with van der Waals surface area (Å²) in [6.45, 7) is 2.19. The maximum absolute atomic E-state index is 12.4. The molecular weight excluding hydrogens is 356 g/mol. The number of pyridine rings is 1. The lowest BCUT2D eigenvalue weighted by atomic mass is 10.1. The zero-order valence-electron chi connectivity index (χ0n) is 15.2. The number of nitrogens with one attached hydrogen (secondary N) is 2. The summed E-state index contributed by atoms with van der Waals surface area (Å²) in [5.74, 6) is -0.521. The van der Waals surface area contributed by atoms with Crippen molar-refractivity contribution in [2.45, 2.75) is 13.3 Å². The minimum absolute atomic E-state index is 0.0541. The summed E-state index contributed by atoms with van der Waals surface area (Å²) >= 11 is 0. The summed E-state index contributed by atoms with van der Waals surface area (Å²) in [7, 11) is 0. The van der Waals surface area contributed by atoms with Gasteiger partial charge in [0.05, 0.1) is 0 Å². The van der Waals surface area contributed by atoms with Gasteiger partial charge in [0.25, 0.3) is 11.5 Å². The van der Waals surface area contributed by atoms with Gasteiger partial charge in [0.15, 0.2) is 0 Å². The molecule has 0 bridgehead atoms. The molecule has 0 atom stereocenters. The van der Waals surface area contributed by atoms with Crippen molar-refractivity contribution in [1.82, 2.24) is 10.3 Å². The van der Waals surface area contributed by atoms with Gasteiger partial charge in [-0.2, -0.15) is 0 Å². The van der Waals surface area contributed by atoms with E-state index in [-0.39, 0.29) is 17.7 Å². The molecule has 0 aliphatic carbocycles. The van der Waals surface area contributed by atoms with Crippen LogP contribution in [0, 0.1) is 6.92 Å². The molecule has 2 heterocycles. The second-order valence-corrected chi connectivity index (χ2v) is 6.71. The van der Waals surface area contributed by atoms with Crippen molar-refractivity contribution in [1.29, 1.82) is 0 Å². The van der Waals surface area contributed by atoms with Crippen molar-refractivity contribution >= 4 is 27.8 Å². The molecule has 0 radical (unpaired) electrons. The van der Waals surface area contributed by atoms with Crippen LogP contribution >= 0.6 is 0 Å². The molecule has 2 aromatic heterocycles. The Kier molecular flexibility index (Phi) is 4.53. The molecule has 6 heteroatoms. The largest absolute Gasteiger partial charge is 0.422 e. The number of amides is 1. The first-order chi connectivity index (χ1) is 13.5. The van der Waals surface area contributed by atoms with Crippen LogP contribution in [-0.2, 0) is 6.42 Å². The van der Waals surface area contributed by atoms with E-state index in [2.05, 4.69) is 10.3 Å². The van der Waals surface area contributed by atoms with E-state index in [1.165, 1.54) is 6.07 Å². The van der Waals surface area contributed by atoms with E-state index in [1.54, 1.807) is 24.3 Å². The third-order valence-electron chi connectivity index (χ3n) is 4.64. The highest BCUT2D eigenvalue weighted by atomic mass is 16.4. The highest BCUT2D eigenvalue weighted by Crippen LogP contribution is 2.14. The molecular formula is C22H18N2O4. The van der Waals surface area contributed by atoms with Gasteiger partial charge in [0.1, 0.15) is 11.1 Å². The van der Waals surface area contributed by atoms with Gasteiger partial charge < -0.3 is 14.7 Å². The molecule has 1 amide bonds. The van der Waals surface area contributed by atoms with Crippen molar-refractivity contribution in [3.8, 4) is 0 Å². The number of para-hydroxylation sites is 1. The van der Waals surface area contributed by atoms with Gasteiger partial charge in [-0.1, -0.05) is 30.3 Å². The quantitative estimate of drug-likeness (QED) is 0.537. The van der Waals surface area contributed by atoms with Crippen molar-refractivity contribution in [3.63, 3.8) is 0 Å². The highest BCUT2D eigenvalue weighted by Gasteiger charge is 2.13. The lowest BCUT2D eigenvalue weighted by Gasteiger charge is -2.07. The number of aromatic amines is 1. The van der Waals surface area contributed by atoms with E-state index in [1.807, 2.05) is 31.2 Å². The number of hydrogen-bond acceptors (Lipinski definition) is 4. The van der Waals surface area contributed by atoms with Crippen LogP contribution in [0.1, 0.15) is 21.5 Å². The van der Waals surface area contributed by atoms with Crippen molar-refractivity contribution in [2.75, 3.05) is 6.54 Å². The number of aromatic nitrogens is 1. The first-order valence-corrected chi connectivity index (χ1v) is 8.95. The minimum Gasteiger partial charge on any atom is -0.422 e. The zero-order chi connectivity index (χ0) is 19.7. The van der Waals surface area contributed by atoms with Crippen LogP contribution in [0.15, 0.2) is 68.6 Å². The van der Waals surface area contributed by atoms with Crippen molar-refractivity contribution in [3.05, 3.63) is 92.1 Å². The molecule has 0 saturated carbocycles. The van der Waals surface area contributed by atoms with E-state index in [9.17, 15) is 14.4 Å². The predicted octanol–water partition coefficient (Wildman–Crippen LogP) is 2.92. The first kappa shape index (κ1) is 17.7. The molecule has 0 spiro atoms. The number of hydrogen-bond donors (Lipinski definition) is 2. The van der Waals surface area contributed by atoms with Gasteiger partial charge in [-0.25, -0.2) is 4.79 Å². The Balaban J connectivity index is 1.50. The molecule has 0 saturated heterocycles. The molecule has 140 valence electrons. The van der Waals surface area contributed by atoms with Gasteiger partial charge in [-0.3, -0.25) is 9.59 Å². The summed E-state index contributed by atoms with van der Waals surface area (Å²) in [5, 5.41) is 4.29. The van der Waals surface area contributed by atoms with Gasteiger partial charge in [-0.15, -0.1) is 0 Å². The molecule has 4 rings (SSSR count). The number of fused-ring (bicyclic) bond motifs is 2. The van der Waals surface area contributed by atoms with Crippen LogP contribution in [0.5, 0.6) is 0 Å². The molecule has 2 aromatic carbocycles. The summed E-state index contributed by atoms with van der Waals surface area (Å²) in [6, 6.07) is 16.2. The van der Waals surface area contributed by atoms with Crippen LogP contribution in [-0.4, -0.2) is 17.4 Å². The van der Waals surface area contributed by atoms with Gasteiger partial charge >= 0.3 is 5.63 Å². The molecule has 4 aromatic rings. The first-order valence-electron chi connectivity index (χ1n) is 8.95. The Morgan fingerprint density at radius 1 is 1.04 bits per heavy atom. The highest BCUT2D eigenvalue weighted by molar-refractivity contribution is 5.96. The van der Waals surface area contributed by atoms with Crippen molar-refractivity contribution < 1.29 is 9.21 Å². The SMILES string of the molecule is Cc1ccc2cc(CCNC(=O)c3cc4ccccc4oc3=O)c(=O)[nH]c2c1. The Bertz CT molecular complexity index is 1320. The molecule has 6 nitrogen and oxygen atoms in total. The summed E-state index contributed by atoms with van der Waals surface area (Å²) in [4.78, 5) is 39.6. The molecule has 0 aliphatic rings. The van der Waals surface area contributed by atoms with Crippen LogP contribution in [0.4, 0.5) is 0 Å². The third-order valence-corrected chi connectivity index (χ3v) is 4.64. The molecule has 0 unspecified atom stereocenters. The van der Waals surface area contributed by atoms with Gasteiger partial charge in [0, 0.05) is 23.0 Å². The Morgan fingerprint density at radius 3 is 2.71 bits per heavy atom. The molecule has 28 heavy (non-hydrogen) atoms. The predicted molar refractivity (Wildman–Crippen MR) is 108 cm³/mol. The average Bonchev–Trinajstić information content (AvgIpc) is 2.67. The molecule has 0 aliphatic heterocycles. The van der Waals surface area contributed by atoms with Crippen LogP contribution in [0.25, 0.3) is 21.9 Å². The smallest absolute Gasteiger partial charge is 0.349 e. The normalized spacial score (nSPS) is 11.0. The number of rotatable bonds is 4. The number of aryl methyl sites for hydroxylation is 1. The Morgan fingerprint density at radius 2 is 1.86 bits per heavy atom. The van der Waals surface area contributed by atoms with Crippen molar-refractivity contribution in [2.24, 2.45) is 0 Å². The lowest BCUT2D eigenvalue weighted by Crippen LogP contribution is -2.30. The van der Waals surface area contributed by atoms with E-state index in [0.717, 1.165) is 16.5 Å². The third kappa shape index (κ3) is 3.44. The lowest BCUT2D eigenvalue weighted by molar-refractivity contribution is 0.0950. The Hall–Kier alpha value is -3.67. The number of benzene rings is 2. The van der Waals surface area contributed by atoms with Gasteiger partial charge in [-0.05, 0) is 48.6 Å². The van der Waals surface area contributed by atoms with E-state index in [4.69, 9.17) is 4.42 Å². The number of carbonyl (C=O) groups is 1. The fourth-order valence-corrected chi connectivity index (χ4v) is 3.17. The van der Waals surface area contributed by atoms with Crippen LogP contribution in [0.2, 0.25) is 0 Å².